The molecule has 1 unspecified atom stereocenters. The van der Waals surface area contributed by atoms with Gasteiger partial charge >= 0.3 is 0 Å². The van der Waals surface area contributed by atoms with Crippen LogP contribution < -0.4 is 0 Å². The van der Waals surface area contributed by atoms with Crippen molar-refractivity contribution in [1.29, 1.82) is 0 Å². The van der Waals surface area contributed by atoms with Gasteiger partial charge in [0.2, 0.25) is 0 Å². The first-order valence-corrected chi connectivity index (χ1v) is 4.60. The van der Waals surface area contributed by atoms with Crippen LogP contribution in [0.1, 0.15) is 12.5 Å². The summed E-state index contributed by atoms with van der Waals surface area (Å²) < 4.78 is 5.48. The van der Waals surface area contributed by atoms with E-state index in [9.17, 15) is 4.79 Å². The fourth-order valence-electron chi connectivity index (χ4n) is 1.06. The lowest BCUT2D eigenvalue weighted by molar-refractivity contribution is -0.104. The molecule has 0 saturated carbocycles. The molecule has 0 heterocycles. The molecule has 2 nitrogen and oxygen atoms in total. The summed E-state index contributed by atoms with van der Waals surface area (Å²) in [6, 6.07) is 9.95. The Labute approximate surface area is 84.2 Å². The number of carbonyl (C=O) groups is 1. The molecule has 0 aliphatic rings. The molecule has 14 heavy (non-hydrogen) atoms. The van der Waals surface area contributed by atoms with Crippen molar-refractivity contribution in [3.8, 4) is 0 Å². The number of carbonyl (C=O) groups excluding carboxylic acids is 1. The largest absolute Gasteiger partial charge is 0.370 e. The van der Waals surface area contributed by atoms with Crippen molar-refractivity contribution in [2.75, 3.05) is 0 Å². The smallest absolute Gasteiger partial charge is 0.142 e. The summed E-state index contributed by atoms with van der Waals surface area (Å²) in [7, 11) is 0. The zero-order valence-electron chi connectivity index (χ0n) is 8.22. The van der Waals surface area contributed by atoms with Gasteiger partial charge in [-0.3, -0.25) is 4.79 Å². The second-order valence-electron chi connectivity index (χ2n) is 3.02. The predicted octanol–water partition coefficient (Wildman–Crippen LogP) is 2.35. The van der Waals surface area contributed by atoms with Crippen LogP contribution in [0, 0.1) is 0 Å². The maximum Gasteiger partial charge on any atom is 0.142 e. The highest BCUT2D eigenvalue weighted by Gasteiger charge is 1.96. The molecule has 1 aromatic rings. The molecular weight excluding hydrogens is 176 g/mol. The van der Waals surface area contributed by atoms with Crippen molar-refractivity contribution in [3.63, 3.8) is 0 Å². The minimum atomic E-state index is -0.0274. The molecule has 1 atom stereocenters. The average molecular weight is 190 g/mol. The molecule has 1 aromatic carbocycles. The molecule has 1 rings (SSSR count). The number of hydrogen-bond donors (Lipinski definition) is 0. The molecule has 0 N–H and O–H groups in total. The lowest BCUT2D eigenvalue weighted by atomic mass is 10.2. The van der Waals surface area contributed by atoms with Gasteiger partial charge < -0.3 is 4.74 Å². The second-order valence-corrected chi connectivity index (χ2v) is 3.02. The van der Waals surface area contributed by atoms with Crippen molar-refractivity contribution in [3.05, 3.63) is 48.0 Å². The zero-order chi connectivity index (χ0) is 10.2. The first kappa shape index (κ1) is 10.7. The summed E-state index contributed by atoms with van der Waals surface area (Å²) in [5.74, 6) is 0. The highest BCUT2D eigenvalue weighted by atomic mass is 16.5. The van der Waals surface area contributed by atoms with E-state index in [1.54, 1.807) is 6.08 Å². The number of allylic oxidation sites excluding steroid dienone is 1. The molecule has 74 valence electrons. The zero-order valence-corrected chi connectivity index (χ0v) is 8.22. The molecule has 0 fully saturated rings. The Morgan fingerprint density at radius 3 is 2.71 bits per heavy atom. The van der Waals surface area contributed by atoms with Gasteiger partial charge in [0.05, 0.1) is 12.7 Å². The first-order chi connectivity index (χ1) is 6.83. The van der Waals surface area contributed by atoms with Crippen LogP contribution in [-0.4, -0.2) is 12.4 Å². The van der Waals surface area contributed by atoms with E-state index in [1.807, 2.05) is 37.3 Å². The standard InChI is InChI=1S/C12H14O2/c1-11(6-5-9-13)14-10-12-7-3-2-4-8-12/h2-9,11H,10H2,1H3/b6-5+. The number of aldehydes is 1. The van der Waals surface area contributed by atoms with Crippen LogP contribution in [0.4, 0.5) is 0 Å². The van der Waals surface area contributed by atoms with Crippen LogP contribution >= 0.6 is 0 Å². The van der Waals surface area contributed by atoms with Crippen molar-refractivity contribution in [2.45, 2.75) is 19.6 Å². The third-order valence-corrected chi connectivity index (χ3v) is 1.82. The number of ether oxygens (including phenoxy) is 1. The van der Waals surface area contributed by atoms with Gasteiger partial charge in [0.25, 0.3) is 0 Å². The molecule has 0 radical (unpaired) electrons. The van der Waals surface area contributed by atoms with Crippen LogP contribution in [-0.2, 0) is 16.1 Å². The van der Waals surface area contributed by atoms with E-state index in [4.69, 9.17) is 4.74 Å². The predicted molar refractivity (Wildman–Crippen MR) is 55.9 cm³/mol. The Kier molecular flexibility index (Phi) is 4.65. The van der Waals surface area contributed by atoms with E-state index >= 15 is 0 Å². The van der Waals surface area contributed by atoms with Crippen molar-refractivity contribution in [1.82, 2.24) is 0 Å². The van der Waals surface area contributed by atoms with Crippen molar-refractivity contribution >= 4 is 6.29 Å². The Balaban J connectivity index is 2.34. The van der Waals surface area contributed by atoms with Crippen LogP contribution in [0.25, 0.3) is 0 Å². The average Bonchev–Trinajstić information content (AvgIpc) is 2.25. The Morgan fingerprint density at radius 2 is 2.07 bits per heavy atom. The third-order valence-electron chi connectivity index (χ3n) is 1.82. The fourth-order valence-corrected chi connectivity index (χ4v) is 1.06. The van der Waals surface area contributed by atoms with Gasteiger partial charge in [0.1, 0.15) is 6.29 Å². The highest BCUT2D eigenvalue weighted by molar-refractivity contribution is 5.64. The van der Waals surface area contributed by atoms with Crippen LogP contribution in [0.3, 0.4) is 0 Å². The molecular formula is C12H14O2. The molecule has 2 heteroatoms. The van der Waals surface area contributed by atoms with Gasteiger partial charge in [0.15, 0.2) is 0 Å². The molecule has 0 aromatic heterocycles. The molecule has 0 aliphatic carbocycles. The lowest BCUT2D eigenvalue weighted by Crippen LogP contribution is -2.04. The van der Waals surface area contributed by atoms with Gasteiger partial charge in [0, 0.05) is 0 Å². The Hall–Kier alpha value is -1.41. The van der Waals surface area contributed by atoms with E-state index < -0.39 is 0 Å². The maximum absolute atomic E-state index is 10.0. The molecule has 0 spiro atoms. The number of hydrogen-bond acceptors (Lipinski definition) is 2. The van der Waals surface area contributed by atoms with Gasteiger partial charge in [-0.05, 0) is 18.6 Å². The van der Waals surface area contributed by atoms with E-state index in [2.05, 4.69) is 0 Å². The monoisotopic (exact) mass is 190 g/mol. The van der Waals surface area contributed by atoms with Crippen molar-refractivity contribution in [2.24, 2.45) is 0 Å². The molecule has 0 amide bonds. The SMILES string of the molecule is CC(/C=C/C=O)OCc1ccccc1. The molecule has 0 saturated heterocycles. The van der Waals surface area contributed by atoms with E-state index in [0.29, 0.717) is 6.61 Å². The highest BCUT2D eigenvalue weighted by Crippen LogP contribution is 2.03. The molecule has 0 bridgehead atoms. The van der Waals surface area contributed by atoms with Crippen LogP contribution in [0.2, 0.25) is 0 Å². The number of rotatable bonds is 5. The number of benzene rings is 1. The Morgan fingerprint density at radius 1 is 1.36 bits per heavy atom. The van der Waals surface area contributed by atoms with E-state index in [-0.39, 0.29) is 6.10 Å². The third kappa shape index (κ3) is 4.01. The summed E-state index contributed by atoms with van der Waals surface area (Å²) in [5.41, 5.74) is 1.14. The van der Waals surface area contributed by atoms with Crippen LogP contribution in [0.15, 0.2) is 42.5 Å². The quantitative estimate of drug-likeness (QED) is 0.526. The van der Waals surface area contributed by atoms with Crippen LogP contribution in [0.5, 0.6) is 0 Å². The normalized spacial score (nSPS) is 12.9. The summed E-state index contributed by atoms with van der Waals surface area (Å²) in [6.07, 6.45) is 3.91. The molecule has 0 aliphatic heterocycles. The van der Waals surface area contributed by atoms with Crippen molar-refractivity contribution < 1.29 is 9.53 Å². The Bertz CT molecular complexity index is 290. The summed E-state index contributed by atoms with van der Waals surface area (Å²) >= 11 is 0. The fraction of sp³-hybridized carbons (Fsp3) is 0.250. The van der Waals surface area contributed by atoms with Gasteiger partial charge in [-0.15, -0.1) is 0 Å². The summed E-state index contributed by atoms with van der Waals surface area (Å²) in [6.45, 7) is 2.48. The lowest BCUT2D eigenvalue weighted by Gasteiger charge is -2.07. The summed E-state index contributed by atoms with van der Waals surface area (Å²) in [4.78, 5) is 10.0. The minimum absolute atomic E-state index is 0.0274. The maximum atomic E-state index is 10.0. The summed E-state index contributed by atoms with van der Waals surface area (Å²) in [5, 5.41) is 0. The topological polar surface area (TPSA) is 26.3 Å². The van der Waals surface area contributed by atoms with E-state index in [1.165, 1.54) is 6.08 Å². The van der Waals surface area contributed by atoms with Gasteiger partial charge in [-0.1, -0.05) is 36.4 Å². The van der Waals surface area contributed by atoms with Gasteiger partial charge in [-0.25, -0.2) is 0 Å². The second kappa shape index (κ2) is 6.11. The minimum Gasteiger partial charge on any atom is -0.370 e. The first-order valence-electron chi connectivity index (χ1n) is 4.60. The van der Waals surface area contributed by atoms with E-state index in [0.717, 1.165) is 11.8 Å². The van der Waals surface area contributed by atoms with Gasteiger partial charge in [-0.2, -0.15) is 0 Å².